The summed E-state index contributed by atoms with van der Waals surface area (Å²) in [5, 5.41) is 10.2. The largest absolute Gasteiger partial charge is 0.496 e. The van der Waals surface area contributed by atoms with Crippen LogP contribution in [0.1, 0.15) is 33.1 Å². The summed E-state index contributed by atoms with van der Waals surface area (Å²) in [6.07, 6.45) is -2.42. The standard InChI is InChI=1S/C24H26F3N3O3/c1-15-11-21(33-2)19(18-7-8-28-22(15)18)12-30-10-9-29(14-24(25,26)27)13-20(30)16-3-5-17(6-4-16)23(31)32/h3-8,11,20,28H,9-10,12-14H2,1-2H3,(H,31,32)/t20-/m1/s1. The highest BCUT2D eigenvalue weighted by atomic mass is 19.4. The normalized spacial score (nSPS) is 18.0. The summed E-state index contributed by atoms with van der Waals surface area (Å²) < 4.78 is 44.9. The van der Waals surface area contributed by atoms with Crippen LogP contribution in [-0.2, 0) is 6.54 Å². The molecule has 33 heavy (non-hydrogen) atoms. The molecule has 1 saturated heterocycles. The second kappa shape index (κ2) is 9.07. The number of benzene rings is 2. The monoisotopic (exact) mass is 461 g/mol. The van der Waals surface area contributed by atoms with E-state index in [1.807, 2.05) is 25.3 Å². The van der Waals surface area contributed by atoms with Crippen LogP contribution in [0.5, 0.6) is 5.75 Å². The minimum atomic E-state index is -4.28. The predicted molar refractivity (Wildman–Crippen MR) is 119 cm³/mol. The van der Waals surface area contributed by atoms with Gasteiger partial charge in [0.1, 0.15) is 5.75 Å². The molecule has 2 heterocycles. The lowest BCUT2D eigenvalue weighted by Gasteiger charge is -2.42. The van der Waals surface area contributed by atoms with E-state index in [1.165, 1.54) is 17.0 Å². The summed E-state index contributed by atoms with van der Waals surface area (Å²) in [7, 11) is 1.61. The molecule has 0 radical (unpaired) electrons. The van der Waals surface area contributed by atoms with Crippen molar-refractivity contribution < 1.29 is 27.8 Å². The van der Waals surface area contributed by atoms with Crippen molar-refractivity contribution in [3.8, 4) is 5.75 Å². The summed E-state index contributed by atoms with van der Waals surface area (Å²) >= 11 is 0. The maximum absolute atomic E-state index is 13.1. The highest BCUT2D eigenvalue weighted by molar-refractivity contribution is 5.88. The van der Waals surface area contributed by atoms with Gasteiger partial charge in [-0.3, -0.25) is 9.80 Å². The number of aromatic nitrogens is 1. The van der Waals surface area contributed by atoms with Crippen molar-refractivity contribution in [2.45, 2.75) is 25.7 Å². The average Bonchev–Trinajstić information content (AvgIpc) is 3.26. The number of nitrogens with one attached hydrogen (secondary N) is 1. The number of aryl methyl sites for hydroxylation is 1. The zero-order chi connectivity index (χ0) is 23.8. The molecule has 0 unspecified atom stereocenters. The van der Waals surface area contributed by atoms with E-state index in [9.17, 15) is 23.1 Å². The molecule has 6 nitrogen and oxygen atoms in total. The number of H-pyrrole nitrogens is 1. The van der Waals surface area contributed by atoms with Crippen LogP contribution < -0.4 is 4.74 Å². The van der Waals surface area contributed by atoms with Gasteiger partial charge in [-0.05, 0) is 42.3 Å². The first-order valence-corrected chi connectivity index (χ1v) is 10.7. The second-order valence-electron chi connectivity index (χ2n) is 8.40. The number of aromatic amines is 1. The Hall–Kier alpha value is -3.04. The topological polar surface area (TPSA) is 68.8 Å². The molecule has 0 bridgehead atoms. The number of halogens is 3. The van der Waals surface area contributed by atoms with Crippen LogP contribution in [0.3, 0.4) is 0 Å². The molecule has 0 spiro atoms. The van der Waals surface area contributed by atoms with Crippen molar-refractivity contribution in [3.63, 3.8) is 0 Å². The van der Waals surface area contributed by atoms with Crippen LogP contribution in [0.2, 0.25) is 0 Å². The van der Waals surface area contributed by atoms with Crippen molar-refractivity contribution >= 4 is 16.9 Å². The van der Waals surface area contributed by atoms with E-state index in [0.29, 0.717) is 13.1 Å². The van der Waals surface area contributed by atoms with Gasteiger partial charge < -0.3 is 14.8 Å². The van der Waals surface area contributed by atoms with E-state index < -0.39 is 18.7 Å². The first kappa shape index (κ1) is 23.1. The third kappa shape index (κ3) is 4.99. The Bertz CT molecular complexity index is 1140. The molecule has 1 aliphatic rings. The molecular formula is C24H26F3N3O3. The van der Waals surface area contributed by atoms with Crippen molar-refractivity contribution in [2.75, 3.05) is 33.3 Å². The zero-order valence-corrected chi connectivity index (χ0v) is 18.4. The number of carboxylic acid groups (broad SMARTS) is 1. The number of carboxylic acids is 1. The molecule has 1 aliphatic heterocycles. The highest BCUT2D eigenvalue weighted by Crippen LogP contribution is 2.35. The summed E-state index contributed by atoms with van der Waals surface area (Å²) in [4.78, 5) is 18.0. The molecule has 1 atom stereocenters. The molecule has 0 amide bonds. The number of rotatable bonds is 6. The molecule has 0 aliphatic carbocycles. The molecule has 1 fully saturated rings. The second-order valence-corrected chi connectivity index (χ2v) is 8.40. The summed E-state index contributed by atoms with van der Waals surface area (Å²) in [6, 6.07) is 9.99. The average molecular weight is 461 g/mol. The highest BCUT2D eigenvalue weighted by Gasteiger charge is 2.36. The van der Waals surface area contributed by atoms with Crippen LogP contribution in [-0.4, -0.2) is 65.3 Å². The van der Waals surface area contributed by atoms with Crippen LogP contribution in [0.25, 0.3) is 10.9 Å². The number of aromatic carboxylic acids is 1. The smallest absolute Gasteiger partial charge is 0.401 e. The van der Waals surface area contributed by atoms with Crippen molar-refractivity contribution in [1.82, 2.24) is 14.8 Å². The number of ether oxygens (including phenoxy) is 1. The molecule has 176 valence electrons. The molecule has 3 aromatic rings. The van der Waals surface area contributed by atoms with Crippen LogP contribution in [0, 0.1) is 6.92 Å². The molecule has 4 rings (SSSR count). The fourth-order valence-electron chi connectivity index (χ4n) is 4.61. The third-order valence-electron chi connectivity index (χ3n) is 6.21. The predicted octanol–water partition coefficient (Wildman–Crippen LogP) is 4.60. The number of alkyl halides is 3. The minimum absolute atomic E-state index is 0.141. The van der Waals surface area contributed by atoms with Crippen LogP contribution in [0.4, 0.5) is 13.2 Å². The molecule has 1 aromatic heterocycles. The van der Waals surface area contributed by atoms with Gasteiger partial charge in [-0.15, -0.1) is 0 Å². The fraction of sp³-hybridized carbons (Fsp3) is 0.375. The molecular weight excluding hydrogens is 435 g/mol. The van der Waals surface area contributed by atoms with E-state index in [-0.39, 0.29) is 24.7 Å². The number of hydrogen-bond acceptors (Lipinski definition) is 4. The zero-order valence-electron chi connectivity index (χ0n) is 18.4. The maximum atomic E-state index is 13.1. The van der Waals surface area contributed by atoms with E-state index in [1.54, 1.807) is 19.2 Å². The van der Waals surface area contributed by atoms with E-state index in [4.69, 9.17) is 4.74 Å². The number of fused-ring (bicyclic) bond motifs is 1. The van der Waals surface area contributed by atoms with Crippen molar-refractivity contribution in [1.29, 1.82) is 0 Å². The van der Waals surface area contributed by atoms with E-state index in [0.717, 1.165) is 33.3 Å². The Morgan fingerprint density at radius 2 is 1.94 bits per heavy atom. The Balaban J connectivity index is 1.68. The lowest BCUT2D eigenvalue weighted by molar-refractivity contribution is -0.152. The SMILES string of the molecule is COc1cc(C)c2[nH]ccc2c1CN1CCN(CC(F)(F)F)C[C@@H]1c1ccc(C(=O)O)cc1. The summed E-state index contributed by atoms with van der Waals surface area (Å²) in [5.41, 5.74) is 3.94. The fourth-order valence-corrected chi connectivity index (χ4v) is 4.61. The quantitative estimate of drug-likeness (QED) is 0.562. The minimum Gasteiger partial charge on any atom is -0.496 e. The van der Waals surface area contributed by atoms with Gasteiger partial charge >= 0.3 is 12.1 Å². The van der Waals surface area contributed by atoms with Gasteiger partial charge in [0, 0.05) is 54.9 Å². The molecule has 9 heteroatoms. The number of hydrogen-bond donors (Lipinski definition) is 2. The molecule has 2 N–H and O–H groups in total. The van der Waals surface area contributed by atoms with Gasteiger partial charge in [0.05, 0.1) is 19.2 Å². The van der Waals surface area contributed by atoms with Gasteiger partial charge in [0.25, 0.3) is 0 Å². The van der Waals surface area contributed by atoms with Crippen molar-refractivity contribution in [3.05, 3.63) is 64.8 Å². The van der Waals surface area contributed by atoms with Gasteiger partial charge in [0.15, 0.2) is 0 Å². The summed E-state index contributed by atoms with van der Waals surface area (Å²) in [5.74, 6) is -0.308. The van der Waals surface area contributed by atoms with Gasteiger partial charge in [-0.1, -0.05) is 12.1 Å². The van der Waals surface area contributed by atoms with Gasteiger partial charge in [0.2, 0.25) is 0 Å². The van der Waals surface area contributed by atoms with E-state index in [2.05, 4.69) is 9.88 Å². The lowest BCUT2D eigenvalue weighted by atomic mass is 9.98. The number of piperazine rings is 1. The molecule has 2 aromatic carbocycles. The van der Waals surface area contributed by atoms with Gasteiger partial charge in [-0.25, -0.2) is 4.79 Å². The third-order valence-corrected chi connectivity index (χ3v) is 6.21. The Labute approximate surface area is 189 Å². The first-order chi connectivity index (χ1) is 15.7. The first-order valence-electron chi connectivity index (χ1n) is 10.7. The van der Waals surface area contributed by atoms with Crippen LogP contribution in [0.15, 0.2) is 42.6 Å². The molecule has 0 saturated carbocycles. The maximum Gasteiger partial charge on any atom is 0.401 e. The lowest BCUT2D eigenvalue weighted by Crippen LogP contribution is -2.50. The van der Waals surface area contributed by atoms with Gasteiger partial charge in [-0.2, -0.15) is 13.2 Å². The Morgan fingerprint density at radius 3 is 2.58 bits per heavy atom. The summed E-state index contributed by atoms with van der Waals surface area (Å²) in [6.45, 7) is 2.42. The van der Waals surface area contributed by atoms with Crippen LogP contribution >= 0.6 is 0 Å². The number of carbonyl (C=O) groups is 1. The Kier molecular flexibility index (Phi) is 6.36. The Morgan fingerprint density at radius 1 is 1.21 bits per heavy atom. The number of nitrogens with zero attached hydrogens (tertiary/aromatic N) is 2. The van der Waals surface area contributed by atoms with E-state index >= 15 is 0 Å². The number of methoxy groups -OCH3 is 1. The van der Waals surface area contributed by atoms with Crippen molar-refractivity contribution in [2.24, 2.45) is 0 Å².